The number of hydrogen-bond donors (Lipinski definition) is 0. The predicted molar refractivity (Wildman–Crippen MR) is 86.5 cm³/mol. The Hall–Kier alpha value is -1.54. The minimum atomic E-state index is 0.0254. The average Bonchev–Trinajstić information content (AvgIpc) is 2.39. The van der Waals surface area contributed by atoms with Crippen LogP contribution >= 0.6 is 0 Å². The predicted octanol–water partition coefficient (Wildman–Crippen LogP) is 4.39. The Balaban J connectivity index is 2.83. The summed E-state index contributed by atoms with van der Waals surface area (Å²) in [7, 11) is 0. The molecule has 0 amide bonds. The highest BCUT2D eigenvalue weighted by Gasteiger charge is 2.26. The Bertz CT molecular complexity index is 422. The molecule has 1 aromatic carbocycles. The van der Waals surface area contributed by atoms with Crippen molar-refractivity contribution in [2.75, 3.05) is 13.2 Å². The highest BCUT2D eigenvalue weighted by atomic mass is 16.5. The zero-order valence-electron chi connectivity index (χ0n) is 13.1. The lowest BCUT2D eigenvalue weighted by Gasteiger charge is -2.38. The first-order valence-corrected chi connectivity index (χ1v) is 7.20. The number of rotatable bonds is 9. The third kappa shape index (κ3) is 5.22. The number of ether oxygens (including phenoxy) is 1. The topological polar surface area (TPSA) is 12.5 Å². The van der Waals surface area contributed by atoms with Crippen molar-refractivity contribution in [2.24, 2.45) is 0 Å². The van der Waals surface area contributed by atoms with Gasteiger partial charge in [0.2, 0.25) is 0 Å². The fourth-order valence-electron chi connectivity index (χ4n) is 2.23. The Morgan fingerprint density at radius 2 is 1.95 bits per heavy atom. The van der Waals surface area contributed by atoms with Crippen molar-refractivity contribution in [2.45, 2.75) is 39.3 Å². The van der Waals surface area contributed by atoms with E-state index in [9.17, 15) is 0 Å². The van der Waals surface area contributed by atoms with Gasteiger partial charge in [0.15, 0.2) is 0 Å². The Morgan fingerprint density at radius 1 is 1.30 bits per heavy atom. The van der Waals surface area contributed by atoms with Crippen molar-refractivity contribution < 1.29 is 4.74 Å². The third-order valence-corrected chi connectivity index (χ3v) is 3.43. The summed E-state index contributed by atoms with van der Waals surface area (Å²) in [5, 5.41) is 0. The van der Waals surface area contributed by atoms with Crippen LogP contribution in [0.4, 0.5) is 0 Å². The van der Waals surface area contributed by atoms with Gasteiger partial charge in [-0.15, -0.1) is 6.58 Å². The van der Waals surface area contributed by atoms with Gasteiger partial charge in [0.1, 0.15) is 5.76 Å². The zero-order chi connectivity index (χ0) is 15.0. The van der Waals surface area contributed by atoms with Gasteiger partial charge < -0.3 is 4.74 Å². The summed E-state index contributed by atoms with van der Waals surface area (Å²) in [6, 6.07) is 10.5. The van der Waals surface area contributed by atoms with Crippen LogP contribution in [0.3, 0.4) is 0 Å². The maximum atomic E-state index is 5.52. The minimum Gasteiger partial charge on any atom is -0.497 e. The van der Waals surface area contributed by atoms with E-state index in [-0.39, 0.29) is 5.54 Å². The minimum absolute atomic E-state index is 0.0254. The van der Waals surface area contributed by atoms with Crippen LogP contribution in [-0.4, -0.2) is 23.6 Å². The molecule has 0 aliphatic carbocycles. The van der Waals surface area contributed by atoms with E-state index in [4.69, 9.17) is 4.74 Å². The van der Waals surface area contributed by atoms with Gasteiger partial charge in [0, 0.05) is 12.1 Å². The van der Waals surface area contributed by atoms with Crippen LogP contribution in [0.15, 0.2) is 55.3 Å². The summed E-state index contributed by atoms with van der Waals surface area (Å²) < 4.78 is 5.52. The molecule has 20 heavy (non-hydrogen) atoms. The smallest absolute Gasteiger partial charge is 0.103 e. The second-order valence-corrected chi connectivity index (χ2v) is 5.62. The van der Waals surface area contributed by atoms with Gasteiger partial charge >= 0.3 is 0 Å². The molecule has 1 rings (SSSR count). The molecule has 0 saturated heterocycles. The van der Waals surface area contributed by atoms with E-state index in [0.29, 0.717) is 6.61 Å². The first-order valence-electron chi connectivity index (χ1n) is 7.20. The average molecular weight is 273 g/mol. The van der Waals surface area contributed by atoms with Crippen LogP contribution in [0.2, 0.25) is 0 Å². The van der Waals surface area contributed by atoms with Crippen LogP contribution in [0.25, 0.3) is 0 Å². The molecule has 0 spiro atoms. The number of hydrogen-bond acceptors (Lipinski definition) is 2. The van der Waals surface area contributed by atoms with Gasteiger partial charge in [-0.25, -0.2) is 0 Å². The van der Waals surface area contributed by atoms with E-state index >= 15 is 0 Å². The lowest BCUT2D eigenvalue weighted by atomic mass is 9.97. The van der Waals surface area contributed by atoms with Crippen LogP contribution < -0.4 is 0 Å². The second kappa shape index (κ2) is 7.91. The van der Waals surface area contributed by atoms with Crippen molar-refractivity contribution in [1.29, 1.82) is 0 Å². The molecule has 0 unspecified atom stereocenters. The van der Waals surface area contributed by atoms with E-state index in [1.54, 1.807) is 0 Å². The summed E-state index contributed by atoms with van der Waals surface area (Å²) in [4.78, 5) is 2.39. The van der Waals surface area contributed by atoms with Crippen LogP contribution in [0, 0.1) is 0 Å². The van der Waals surface area contributed by atoms with Crippen molar-refractivity contribution in [3.63, 3.8) is 0 Å². The summed E-state index contributed by atoms with van der Waals surface area (Å²) in [6.07, 6.45) is 2.90. The molecule has 0 atom stereocenters. The Morgan fingerprint density at radius 3 is 2.50 bits per heavy atom. The molecule has 0 radical (unpaired) electrons. The molecule has 2 heteroatoms. The Kier molecular flexibility index (Phi) is 6.53. The highest BCUT2D eigenvalue weighted by molar-refractivity contribution is 5.15. The molecule has 0 heterocycles. The molecule has 2 nitrogen and oxygen atoms in total. The standard InChI is InChI=1S/C18H27NO/c1-6-13-18(4,5)19(14-16(3)20-7-2)15-17-11-9-8-10-12-17/h6,8-12H,1,3,7,13-15H2,2,4-5H3. The molecule has 110 valence electrons. The van der Waals surface area contributed by atoms with Crippen LogP contribution in [0.1, 0.15) is 32.8 Å². The van der Waals surface area contributed by atoms with E-state index < -0.39 is 0 Å². The SMILES string of the molecule is C=CCC(C)(C)N(CC(=C)OCC)Cc1ccccc1. The van der Waals surface area contributed by atoms with Gasteiger partial charge in [-0.05, 0) is 32.8 Å². The van der Waals surface area contributed by atoms with Gasteiger partial charge in [-0.1, -0.05) is 43.0 Å². The van der Waals surface area contributed by atoms with Crippen molar-refractivity contribution in [3.8, 4) is 0 Å². The van der Waals surface area contributed by atoms with Gasteiger partial charge in [0.05, 0.1) is 13.2 Å². The lowest BCUT2D eigenvalue weighted by molar-refractivity contribution is 0.0947. The van der Waals surface area contributed by atoms with Crippen LogP contribution in [0.5, 0.6) is 0 Å². The quantitative estimate of drug-likeness (QED) is 0.488. The normalized spacial score (nSPS) is 11.4. The van der Waals surface area contributed by atoms with E-state index in [2.05, 4.69) is 56.2 Å². The van der Waals surface area contributed by atoms with Crippen molar-refractivity contribution in [3.05, 3.63) is 60.9 Å². The fourth-order valence-corrected chi connectivity index (χ4v) is 2.23. The molecule has 0 bridgehead atoms. The molecule has 0 aromatic heterocycles. The monoisotopic (exact) mass is 273 g/mol. The highest BCUT2D eigenvalue weighted by Crippen LogP contribution is 2.23. The molecule has 1 aromatic rings. The van der Waals surface area contributed by atoms with Gasteiger partial charge in [-0.3, -0.25) is 4.90 Å². The van der Waals surface area contributed by atoms with Crippen molar-refractivity contribution in [1.82, 2.24) is 4.90 Å². The molecular formula is C18H27NO. The van der Waals surface area contributed by atoms with Gasteiger partial charge in [0.25, 0.3) is 0 Å². The second-order valence-electron chi connectivity index (χ2n) is 5.62. The molecule has 0 fully saturated rings. The Labute approximate surface area is 123 Å². The van der Waals surface area contributed by atoms with E-state index in [1.165, 1.54) is 5.56 Å². The number of benzene rings is 1. The first kappa shape index (κ1) is 16.5. The maximum Gasteiger partial charge on any atom is 0.103 e. The molecule has 0 N–H and O–H groups in total. The lowest BCUT2D eigenvalue weighted by Crippen LogP contribution is -2.44. The van der Waals surface area contributed by atoms with Crippen molar-refractivity contribution >= 4 is 0 Å². The summed E-state index contributed by atoms with van der Waals surface area (Å²) in [6.45, 7) is 16.6. The summed E-state index contributed by atoms with van der Waals surface area (Å²) in [5.41, 5.74) is 1.33. The molecular weight excluding hydrogens is 246 g/mol. The summed E-state index contributed by atoms with van der Waals surface area (Å²) >= 11 is 0. The summed E-state index contributed by atoms with van der Waals surface area (Å²) in [5.74, 6) is 0.820. The van der Waals surface area contributed by atoms with Crippen LogP contribution in [-0.2, 0) is 11.3 Å². The third-order valence-electron chi connectivity index (χ3n) is 3.43. The molecule has 0 saturated carbocycles. The maximum absolute atomic E-state index is 5.52. The fraction of sp³-hybridized carbons (Fsp3) is 0.444. The number of nitrogens with zero attached hydrogens (tertiary/aromatic N) is 1. The first-order chi connectivity index (χ1) is 9.49. The van der Waals surface area contributed by atoms with Gasteiger partial charge in [-0.2, -0.15) is 0 Å². The molecule has 0 aliphatic heterocycles. The van der Waals surface area contributed by atoms with E-state index in [0.717, 1.165) is 25.3 Å². The zero-order valence-corrected chi connectivity index (χ0v) is 13.1. The molecule has 0 aliphatic rings. The van der Waals surface area contributed by atoms with E-state index in [1.807, 2.05) is 19.1 Å². The largest absolute Gasteiger partial charge is 0.497 e.